The van der Waals surface area contributed by atoms with Crippen molar-refractivity contribution in [1.29, 1.82) is 0 Å². The van der Waals surface area contributed by atoms with Gasteiger partial charge in [0.2, 0.25) is 0 Å². The van der Waals surface area contributed by atoms with Crippen LogP contribution in [0.4, 0.5) is 51.2 Å². The number of fused-ring (bicyclic) bond motifs is 8. The Morgan fingerprint density at radius 2 is 1.03 bits per heavy atom. The highest BCUT2D eigenvalue weighted by atomic mass is 16.6. The molecule has 380 valence electrons. The summed E-state index contributed by atoms with van der Waals surface area (Å²) in [5, 5.41) is 3.34. The van der Waals surface area contributed by atoms with Gasteiger partial charge < -0.3 is 38.1 Å². The molecular weight excluding hydrogens is 950 g/mol. The predicted molar refractivity (Wildman–Crippen MR) is 317 cm³/mol. The Morgan fingerprint density at radius 3 is 1.74 bits per heavy atom. The van der Waals surface area contributed by atoms with Crippen LogP contribution >= 0.6 is 0 Å². The molecule has 0 amide bonds. The third-order valence-electron chi connectivity index (χ3n) is 15.9. The first-order valence-electron chi connectivity index (χ1n) is 27.0. The highest BCUT2D eigenvalue weighted by molar-refractivity contribution is 7.00. The van der Waals surface area contributed by atoms with Crippen LogP contribution in [0.25, 0.3) is 33.1 Å². The van der Waals surface area contributed by atoms with E-state index in [1.165, 1.54) is 33.2 Å². The fourth-order valence-electron chi connectivity index (χ4n) is 12.1. The Balaban J connectivity index is 1.06. The van der Waals surface area contributed by atoms with E-state index in [4.69, 9.17) is 23.4 Å². The molecular formula is C68H60BN3O5. The minimum atomic E-state index is -0.174. The summed E-state index contributed by atoms with van der Waals surface area (Å²) in [6.07, 6.45) is 0. The summed E-state index contributed by atoms with van der Waals surface area (Å²) in [6.45, 7) is 19.9. The maximum Gasteiger partial charge on any atom is 0.252 e. The molecule has 5 heterocycles. The molecule has 0 atom stereocenters. The van der Waals surface area contributed by atoms with Gasteiger partial charge in [0, 0.05) is 62.9 Å². The molecule has 0 saturated heterocycles. The fraction of sp³-hybridized carbons (Fsp3) is 0.206. The lowest BCUT2D eigenvalue weighted by atomic mass is 9.33. The lowest BCUT2D eigenvalue weighted by molar-refractivity contribution is 0.171. The molecule has 9 aromatic carbocycles. The van der Waals surface area contributed by atoms with Crippen molar-refractivity contribution in [3.05, 3.63) is 192 Å². The summed E-state index contributed by atoms with van der Waals surface area (Å²) in [5.74, 6) is 3.80. The molecule has 0 spiro atoms. The first-order chi connectivity index (χ1) is 37.2. The summed E-state index contributed by atoms with van der Waals surface area (Å²) in [7, 11) is 0. The molecule has 0 bridgehead atoms. The Kier molecular flexibility index (Phi) is 10.7. The van der Waals surface area contributed by atoms with E-state index in [0.29, 0.717) is 26.4 Å². The molecule has 8 nitrogen and oxygen atoms in total. The third-order valence-corrected chi connectivity index (χ3v) is 15.9. The van der Waals surface area contributed by atoms with Crippen LogP contribution in [0.5, 0.6) is 23.0 Å². The van der Waals surface area contributed by atoms with Gasteiger partial charge in [-0.15, -0.1) is 0 Å². The van der Waals surface area contributed by atoms with Gasteiger partial charge in [-0.05, 0) is 165 Å². The Morgan fingerprint density at radius 1 is 0.429 bits per heavy atom. The topological polar surface area (TPSA) is 59.8 Å². The zero-order valence-corrected chi connectivity index (χ0v) is 45.0. The second-order valence-corrected chi connectivity index (χ2v) is 23.3. The second kappa shape index (κ2) is 17.5. The highest BCUT2D eigenvalue weighted by Gasteiger charge is 2.45. The van der Waals surface area contributed by atoms with Crippen molar-refractivity contribution >= 4 is 96.0 Å². The Hall–Kier alpha value is -8.56. The second-order valence-electron chi connectivity index (χ2n) is 23.3. The van der Waals surface area contributed by atoms with Gasteiger partial charge in [-0.25, -0.2) is 0 Å². The van der Waals surface area contributed by atoms with Crippen LogP contribution in [0, 0.1) is 13.8 Å². The molecule has 10 aromatic rings. The summed E-state index contributed by atoms with van der Waals surface area (Å²) in [6, 6.07) is 62.7. The van der Waals surface area contributed by atoms with E-state index in [1.54, 1.807) is 0 Å². The van der Waals surface area contributed by atoms with Gasteiger partial charge in [-0.3, -0.25) is 0 Å². The van der Waals surface area contributed by atoms with E-state index in [2.05, 4.69) is 228 Å². The molecule has 0 fully saturated rings. The van der Waals surface area contributed by atoms with Crippen LogP contribution in [-0.2, 0) is 10.8 Å². The minimum Gasteiger partial charge on any atom is -0.486 e. The predicted octanol–water partition coefficient (Wildman–Crippen LogP) is 15.6. The number of rotatable bonds is 6. The quantitative estimate of drug-likeness (QED) is 0.153. The number of furan rings is 1. The van der Waals surface area contributed by atoms with Gasteiger partial charge >= 0.3 is 0 Å². The maximum atomic E-state index is 6.47. The third kappa shape index (κ3) is 7.96. The van der Waals surface area contributed by atoms with Crippen molar-refractivity contribution in [3.63, 3.8) is 0 Å². The first kappa shape index (κ1) is 46.9. The van der Waals surface area contributed by atoms with E-state index in [9.17, 15) is 0 Å². The number of aryl methyl sites for hydroxylation is 2. The van der Waals surface area contributed by atoms with Crippen molar-refractivity contribution in [1.82, 2.24) is 0 Å². The summed E-state index contributed by atoms with van der Waals surface area (Å²) >= 11 is 0. The van der Waals surface area contributed by atoms with Crippen molar-refractivity contribution in [2.75, 3.05) is 41.1 Å². The van der Waals surface area contributed by atoms with Crippen molar-refractivity contribution in [3.8, 4) is 34.3 Å². The summed E-state index contributed by atoms with van der Waals surface area (Å²) in [4.78, 5) is 7.38. The van der Waals surface area contributed by atoms with Gasteiger partial charge in [0.1, 0.15) is 37.8 Å². The molecule has 0 aliphatic carbocycles. The van der Waals surface area contributed by atoms with E-state index in [0.717, 1.165) is 113 Å². The molecule has 1 aromatic heterocycles. The molecule has 0 N–H and O–H groups in total. The molecule has 0 unspecified atom stereocenters. The standard InChI is InChI=1S/C68H60BN3O5/c1-41-29-42(2)31-52(30-41)70(50-19-15-43-32-46(14-13-44(43)33-50)62-34-45-11-9-10-12-60(45)77-62)53-36-58-66-59(37-53)72(51-22-24-61-63(38-51)74-26-25-73-61)57-40-65-64(75-27-28-76-65)39-55(57)69(66)54-35-48(68(6,7)8)18-23-56(54)71(58)49-20-16-47(17-21-49)67(3,4)5/h9-24,29-40H,25-28H2,1-8H3. The number of hydrogen-bond acceptors (Lipinski definition) is 8. The van der Waals surface area contributed by atoms with E-state index in [-0.39, 0.29) is 17.5 Å². The maximum absolute atomic E-state index is 6.47. The zero-order valence-electron chi connectivity index (χ0n) is 45.0. The molecule has 4 aliphatic heterocycles. The fourth-order valence-corrected chi connectivity index (χ4v) is 12.1. The van der Waals surface area contributed by atoms with Crippen molar-refractivity contribution in [2.24, 2.45) is 0 Å². The van der Waals surface area contributed by atoms with Crippen molar-refractivity contribution in [2.45, 2.75) is 66.2 Å². The lowest BCUT2D eigenvalue weighted by Crippen LogP contribution is -2.61. The number of hydrogen-bond donors (Lipinski definition) is 0. The Labute approximate surface area is 451 Å². The number of nitrogens with zero attached hydrogens (tertiary/aromatic N) is 3. The molecule has 77 heavy (non-hydrogen) atoms. The van der Waals surface area contributed by atoms with Gasteiger partial charge in [-0.1, -0.05) is 108 Å². The van der Waals surface area contributed by atoms with Crippen molar-refractivity contribution < 1.29 is 23.4 Å². The SMILES string of the molecule is Cc1cc(C)cc(N(c2cc3c4c(c2)N(c2ccc5c(c2)OCCO5)c2cc5c(cc2B4c2cc(C(C)(C)C)ccc2N3c2ccc(C(C)(C)C)cc2)OCCO5)c2ccc3cc(-c4cc5ccccc5o4)ccc3c2)c1. The number of anilines is 9. The largest absolute Gasteiger partial charge is 0.486 e. The van der Waals surface area contributed by atoms with E-state index < -0.39 is 0 Å². The van der Waals surface area contributed by atoms with Crippen LogP contribution < -0.4 is 50.0 Å². The average Bonchev–Trinajstić information content (AvgIpc) is 3.92. The smallest absolute Gasteiger partial charge is 0.252 e. The van der Waals surface area contributed by atoms with Crippen LogP contribution in [-0.4, -0.2) is 33.1 Å². The van der Waals surface area contributed by atoms with E-state index >= 15 is 0 Å². The van der Waals surface area contributed by atoms with Crippen LogP contribution in [0.15, 0.2) is 174 Å². The van der Waals surface area contributed by atoms with Gasteiger partial charge in [-0.2, -0.15) is 0 Å². The molecule has 0 saturated carbocycles. The highest BCUT2D eigenvalue weighted by Crippen LogP contribution is 2.51. The van der Waals surface area contributed by atoms with Gasteiger partial charge in [0.15, 0.2) is 23.0 Å². The monoisotopic (exact) mass is 1010 g/mol. The number of benzene rings is 9. The number of ether oxygens (including phenoxy) is 4. The van der Waals surface area contributed by atoms with Gasteiger partial charge in [0.25, 0.3) is 6.71 Å². The zero-order chi connectivity index (χ0) is 52.5. The van der Waals surface area contributed by atoms with Gasteiger partial charge in [0.05, 0.1) is 11.4 Å². The molecule has 4 aliphatic rings. The molecule has 14 rings (SSSR count). The normalized spacial score (nSPS) is 14.4. The lowest BCUT2D eigenvalue weighted by Gasteiger charge is -2.45. The van der Waals surface area contributed by atoms with Crippen LogP contribution in [0.3, 0.4) is 0 Å². The number of para-hydroxylation sites is 1. The first-order valence-corrected chi connectivity index (χ1v) is 27.0. The minimum absolute atomic E-state index is 0.0236. The summed E-state index contributed by atoms with van der Waals surface area (Å²) in [5.41, 5.74) is 19.7. The molecule has 0 radical (unpaired) electrons. The average molecular weight is 1010 g/mol. The molecule has 9 heteroatoms. The Bertz CT molecular complexity index is 3980. The van der Waals surface area contributed by atoms with Crippen LogP contribution in [0.1, 0.15) is 63.8 Å². The van der Waals surface area contributed by atoms with E-state index in [1.807, 2.05) is 12.1 Å². The summed E-state index contributed by atoms with van der Waals surface area (Å²) < 4.78 is 31.8. The van der Waals surface area contributed by atoms with Crippen LogP contribution in [0.2, 0.25) is 0 Å².